The smallest absolute Gasteiger partial charge is 0.330 e. The number of nitrogens with zero attached hydrogens (tertiary/aromatic N) is 1. The fourth-order valence-electron chi connectivity index (χ4n) is 1.49. The van der Waals surface area contributed by atoms with E-state index in [4.69, 9.17) is 9.84 Å². The second-order valence-electron chi connectivity index (χ2n) is 4.96. The van der Waals surface area contributed by atoms with Crippen LogP contribution in [0.4, 0.5) is 0 Å². The van der Waals surface area contributed by atoms with Gasteiger partial charge in [0, 0.05) is 25.2 Å². The number of unbranched alkanes of at least 4 members (excludes halogenated alkanes) is 1. The van der Waals surface area contributed by atoms with Crippen LogP contribution in [0.5, 0.6) is 0 Å². The number of aliphatic hydroxyl groups excluding tert-OH is 1. The van der Waals surface area contributed by atoms with E-state index >= 15 is 0 Å². The van der Waals surface area contributed by atoms with E-state index in [0.29, 0.717) is 32.9 Å². The minimum Gasteiger partial charge on any atom is -0.463 e. The lowest BCUT2D eigenvalue weighted by atomic mass is 10.4. The topological polar surface area (TPSA) is 102 Å². The van der Waals surface area contributed by atoms with Crippen molar-refractivity contribution in [1.29, 1.82) is 0 Å². The van der Waals surface area contributed by atoms with Crippen LogP contribution in [0.25, 0.3) is 0 Å². The molecule has 0 radical (unpaired) electrons. The van der Waals surface area contributed by atoms with Gasteiger partial charge in [-0.3, -0.25) is 4.79 Å². The van der Waals surface area contributed by atoms with Crippen LogP contribution in [0.2, 0.25) is 0 Å². The first-order valence-electron chi connectivity index (χ1n) is 8.65. The molecule has 0 atom stereocenters. The van der Waals surface area contributed by atoms with E-state index in [1.54, 1.807) is 4.90 Å². The maximum atomic E-state index is 10.9. The fraction of sp³-hybridized carbons (Fsp3) is 0.526. The molecule has 0 aromatic heterocycles. The predicted octanol–water partition coefficient (Wildman–Crippen LogP) is 1.25. The molecular formula is C19H31NO7. The molecular weight excluding hydrogens is 354 g/mol. The molecule has 0 bridgehead atoms. The van der Waals surface area contributed by atoms with E-state index in [0.717, 1.165) is 18.9 Å². The van der Waals surface area contributed by atoms with Crippen LogP contribution in [0, 0.1) is 0 Å². The van der Waals surface area contributed by atoms with Gasteiger partial charge < -0.3 is 24.2 Å². The van der Waals surface area contributed by atoms with E-state index < -0.39 is 5.97 Å². The van der Waals surface area contributed by atoms with Crippen LogP contribution in [0.1, 0.15) is 19.8 Å². The van der Waals surface area contributed by atoms with Crippen molar-refractivity contribution in [2.45, 2.75) is 19.8 Å². The molecule has 8 nitrogen and oxygen atoms in total. The summed E-state index contributed by atoms with van der Waals surface area (Å²) >= 11 is 0. The molecule has 0 aliphatic carbocycles. The molecule has 0 saturated carbocycles. The average Bonchev–Trinajstić information content (AvgIpc) is 2.72. The third kappa shape index (κ3) is 18.1. The van der Waals surface area contributed by atoms with E-state index in [1.807, 2.05) is 6.92 Å². The first-order chi connectivity index (χ1) is 13.0. The highest BCUT2D eigenvalue weighted by atomic mass is 16.5. The van der Waals surface area contributed by atoms with E-state index in [2.05, 4.69) is 29.2 Å². The number of carbonyl (C=O) groups is 3. The zero-order chi connectivity index (χ0) is 20.9. The summed E-state index contributed by atoms with van der Waals surface area (Å²) in [7, 11) is 0. The highest BCUT2D eigenvalue weighted by Crippen LogP contribution is 1.96. The Morgan fingerprint density at radius 2 is 1.52 bits per heavy atom. The SMILES string of the molecule is C=CC(=O)N1CCOCC1.C=CC(=O)OCCCC.C=CC(=O)OCCO. The Bertz CT molecular complexity index is 457. The molecule has 1 aliphatic heterocycles. The van der Waals surface area contributed by atoms with Crippen LogP contribution in [0.3, 0.4) is 0 Å². The summed E-state index contributed by atoms with van der Waals surface area (Å²) in [6, 6.07) is 0. The van der Waals surface area contributed by atoms with Crippen LogP contribution in [-0.2, 0) is 28.6 Å². The number of carbonyl (C=O) groups excluding carboxylic acids is 3. The van der Waals surface area contributed by atoms with Crippen molar-refractivity contribution in [3.05, 3.63) is 38.0 Å². The van der Waals surface area contributed by atoms with Crippen molar-refractivity contribution in [3.63, 3.8) is 0 Å². The summed E-state index contributed by atoms with van der Waals surface area (Å²) in [5.74, 6) is -0.828. The zero-order valence-corrected chi connectivity index (χ0v) is 16.1. The summed E-state index contributed by atoms with van der Waals surface area (Å²) in [4.78, 5) is 33.1. The molecule has 0 spiro atoms. The van der Waals surface area contributed by atoms with Crippen molar-refractivity contribution < 1.29 is 33.7 Å². The van der Waals surface area contributed by atoms with Gasteiger partial charge in [0.25, 0.3) is 0 Å². The van der Waals surface area contributed by atoms with Gasteiger partial charge in [0.05, 0.1) is 26.4 Å². The molecule has 0 aromatic carbocycles. The molecule has 27 heavy (non-hydrogen) atoms. The Kier molecular flexibility index (Phi) is 19.7. The lowest BCUT2D eigenvalue weighted by Crippen LogP contribution is -2.39. The second-order valence-corrected chi connectivity index (χ2v) is 4.96. The van der Waals surface area contributed by atoms with Crippen molar-refractivity contribution in [2.24, 2.45) is 0 Å². The first-order valence-corrected chi connectivity index (χ1v) is 8.65. The largest absolute Gasteiger partial charge is 0.463 e. The van der Waals surface area contributed by atoms with Gasteiger partial charge in [0.1, 0.15) is 6.61 Å². The molecule has 1 N–H and O–H groups in total. The van der Waals surface area contributed by atoms with Gasteiger partial charge in [0.15, 0.2) is 0 Å². The summed E-state index contributed by atoms with van der Waals surface area (Å²) < 4.78 is 14.1. The maximum Gasteiger partial charge on any atom is 0.330 e. The Hall–Kier alpha value is -2.45. The number of hydrogen-bond acceptors (Lipinski definition) is 7. The van der Waals surface area contributed by atoms with Gasteiger partial charge in [-0.05, 0) is 12.5 Å². The van der Waals surface area contributed by atoms with Crippen LogP contribution >= 0.6 is 0 Å². The minimum atomic E-state index is -0.501. The zero-order valence-electron chi connectivity index (χ0n) is 16.1. The number of esters is 2. The van der Waals surface area contributed by atoms with Crippen LogP contribution in [-0.4, -0.2) is 74.0 Å². The molecule has 0 unspecified atom stereocenters. The molecule has 1 saturated heterocycles. The third-order valence-electron chi connectivity index (χ3n) is 2.91. The highest BCUT2D eigenvalue weighted by molar-refractivity contribution is 5.87. The molecule has 1 aliphatic rings. The van der Waals surface area contributed by atoms with Gasteiger partial charge in [-0.1, -0.05) is 33.1 Å². The summed E-state index contributed by atoms with van der Waals surface area (Å²) in [6.07, 6.45) is 5.54. The van der Waals surface area contributed by atoms with Gasteiger partial charge in [0.2, 0.25) is 5.91 Å². The average molecular weight is 385 g/mol. The molecule has 1 fully saturated rings. The Balaban J connectivity index is 0. The molecule has 1 amide bonds. The monoisotopic (exact) mass is 385 g/mol. The number of aliphatic hydroxyl groups is 1. The standard InChI is InChI=1S/C7H11NO2.C7H12O2.C5H8O3/c1-2-7(9)8-3-5-10-6-4-8;1-3-5-6-9-7(8)4-2;1-2-5(7)8-4-3-6/h2H,1,3-6H2;4H,2-3,5-6H2,1H3;2,6H,1,3-4H2. The predicted molar refractivity (Wildman–Crippen MR) is 102 cm³/mol. The molecule has 1 rings (SSSR count). The normalized spacial score (nSPS) is 12.1. The Labute approximate surface area is 161 Å². The Morgan fingerprint density at radius 1 is 1.00 bits per heavy atom. The van der Waals surface area contributed by atoms with Gasteiger partial charge in [-0.25, -0.2) is 9.59 Å². The first kappa shape index (κ1) is 26.8. The van der Waals surface area contributed by atoms with Crippen molar-refractivity contribution in [1.82, 2.24) is 4.90 Å². The molecule has 0 aromatic rings. The van der Waals surface area contributed by atoms with E-state index in [-0.39, 0.29) is 25.1 Å². The van der Waals surface area contributed by atoms with Crippen LogP contribution in [0.15, 0.2) is 38.0 Å². The summed E-state index contributed by atoms with van der Waals surface area (Å²) in [6.45, 7) is 15.0. The highest BCUT2D eigenvalue weighted by Gasteiger charge is 2.12. The maximum absolute atomic E-state index is 10.9. The number of ether oxygens (including phenoxy) is 3. The fourth-order valence-corrected chi connectivity index (χ4v) is 1.49. The van der Waals surface area contributed by atoms with Gasteiger partial charge in [-0.15, -0.1) is 0 Å². The molecule has 154 valence electrons. The minimum absolute atomic E-state index is 0.00306. The second kappa shape index (κ2) is 19.9. The van der Waals surface area contributed by atoms with E-state index in [9.17, 15) is 14.4 Å². The van der Waals surface area contributed by atoms with Crippen molar-refractivity contribution >= 4 is 17.8 Å². The van der Waals surface area contributed by atoms with Gasteiger partial charge >= 0.3 is 11.9 Å². The molecule has 1 heterocycles. The quantitative estimate of drug-likeness (QED) is 0.381. The third-order valence-corrected chi connectivity index (χ3v) is 2.91. The van der Waals surface area contributed by atoms with Crippen LogP contribution < -0.4 is 0 Å². The van der Waals surface area contributed by atoms with Crippen molar-refractivity contribution in [3.8, 4) is 0 Å². The van der Waals surface area contributed by atoms with Gasteiger partial charge in [-0.2, -0.15) is 0 Å². The summed E-state index contributed by atoms with van der Waals surface area (Å²) in [5, 5.41) is 8.10. The van der Waals surface area contributed by atoms with Crippen molar-refractivity contribution in [2.75, 3.05) is 46.1 Å². The van der Waals surface area contributed by atoms with E-state index in [1.165, 1.54) is 12.2 Å². The number of hydrogen-bond donors (Lipinski definition) is 1. The lowest BCUT2D eigenvalue weighted by Gasteiger charge is -2.25. The number of morpholine rings is 1. The lowest BCUT2D eigenvalue weighted by molar-refractivity contribution is -0.139. The number of rotatable bonds is 8. The summed E-state index contributed by atoms with van der Waals surface area (Å²) in [5.41, 5.74) is 0. The molecule has 8 heteroatoms. The Morgan fingerprint density at radius 3 is 1.93 bits per heavy atom. The number of amides is 1.